The van der Waals surface area contributed by atoms with Gasteiger partial charge >= 0.3 is 0 Å². The maximum atomic E-state index is 12.8. The van der Waals surface area contributed by atoms with Gasteiger partial charge in [0, 0.05) is 56.6 Å². The van der Waals surface area contributed by atoms with Crippen molar-refractivity contribution < 1.29 is 4.79 Å². The van der Waals surface area contributed by atoms with Crippen LogP contribution in [0.25, 0.3) is 0 Å². The fourth-order valence-electron chi connectivity index (χ4n) is 4.12. The Kier molecular flexibility index (Phi) is 10.6. The standard InChI is InChI=1S/C21H34N4O.2ClH/c1-17(2)23-12-14-24(15-13-23)20-6-4-19(5-7-20)21(26)25-10-8-18(9-11-25)16-22-3;;/h4-7,17-18,22H,8-16H2,1-3H3;2*1H. The van der Waals surface area contributed by atoms with Crippen LogP contribution in [0.4, 0.5) is 5.69 Å². The van der Waals surface area contributed by atoms with Crippen molar-refractivity contribution in [1.82, 2.24) is 15.1 Å². The van der Waals surface area contributed by atoms with Gasteiger partial charge in [0.25, 0.3) is 5.91 Å². The molecule has 1 aromatic rings. The van der Waals surface area contributed by atoms with Gasteiger partial charge in [0.15, 0.2) is 0 Å². The van der Waals surface area contributed by atoms with Crippen LogP contribution in [-0.2, 0) is 0 Å². The number of carbonyl (C=O) groups is 1. The van der Waals surface area contributed by atoms with Gasteiger partial charge in [-0.3, -0.25) is 9.69 Å². The van der Waals surface area contributed by atoms with E-state index in [4.69, 9.17) is 0 Å². The summed E-state index contributed by atoms with van der Waals surface area (Å²) in [6.45, 7) is 11.7. The summed E-state index contributed by atoms with van der Waals surface area (Å²) in [4.78, 5) is 19.7. The van der Waals surface area contributed by atoms with E-state index in [1.807, 2.05) is 24.1 Å². The smallest absolute Gasteiger partial charge is 0.253 e. The average molecular weight is 431 g/mol. The Labute approximate surface area is 182 Å². The molecule has 5 nitrogen and oxygen atoms in total. The van der Waals surface area contributed by atoms with Crippen molar-refractivity contribution in [2.45, 2.75) is 32.7 Å². The van der Waals surface area contributed by atoms with Crippen LogP contribution >= 0.6 is 24.8 Å². The van der Waals surface area contributed by atoms with Gasteiger partial charge in [0.1, 0.15) is 0 Å². The Balaban J connectivity index is 0.00000196. The molecule has 1 amide bonds. The number of hydrogen-bond acceptors (Lipinski definition) is 4. The number of piperidine rings is 1. The second-order valence-electron chi connectivity index (χ2n) is 7.96. The highest BCUT2D eigenvalue weighted by Gasteiger charge is 2.24. The highest BCUT2D eigenvalue weighted by atomic mass is 35.5. The Morgan fingerprint density at radius 3 is 2.07 bits per heavy atom. The van der Waals surface area contributed by atoms with Crippen molar-refractivity contribution >= 4 is 36.4 Å². The molecule has 2 saturated heterocycles. The summed E-state index contributed by atoms with van der Waals surface area (Å²) >= 11 is 0. The Morgan fingerprint density at radius 2 is 1.57 bits per heavy atom. The van der Waals surface area contributed by atoms with Crippen molar-refractivity contribution in [3.63, 3.8) is 0 Å². The van der Waals surface area contributed by atoms with E-state index in [2.05, 4.69) is 41.1 Å². The number of nitrogens with one attached hydrogen (secondary N) is 1. The van der Waals surface area contributed by atoms with Crippen LogP contribution < -0.4 is 10.2 Å². The second kappa shape index (κ2) is 11.9. The molecule has 7 heteroatoms. The molecule has 2 heterocycles. The average Bonchev–Trinajstić information content (AvgIpc) is 2.68. The fourth-order valence-corrected chi connectivity index (χ4v) is 4.12. The Morgan fingerprint density at radius 1 is 1.00 bits per heavy atom. The minimum Gasteiger partial charge on any atom is -0.369 e. The van der Waals surface area contributed by atoms with E-state index in [0.29, 0.717) is 12.0 Å². The van der Waals surface area contributed by atoms with Gasteiger partial charge in [-0.2, -0.15) is 0 Å². The van der Waals surface area contributed by atoms with E-state index in [9.17, 15) is 4.79 Å². The van der Waals surface area contributed by atoms with Gasteiger partial charge in [-0.15, -0.1) is 24.8 Å². The first-order valence-corrected chi connectivity index (χ1v) is 10.1. The molecule has 1 N–H and O–H groups in total. The third-order valence-corrected chi connectivity index (χ3v) is 5.92. The van der Waals surface area contributed by atoms with Gasteiger partial charge in [0.05, 0.1) is 0 Å². The predicted molar refractivity (Wildman–Crippen MR) is 122 cm³/mol. The predicted octanol–water partition coefficient (Wildman–Crippen LogP) is 3.13. The monoisotopic (exact) mass is 430 g/mol. The SMILES string of the molecule is CNCC1CCN(C(=O)c2ccc(N3CCN(C(C)C)CC3)cc2)CC1.Cl.Cl. The number of nitrogens with zero attached hydrogens (tertiary/aromatic N) is 3. The van der Waals surface area contributed by atoms with Gasteiger partial charge < -0.3 is 15.1 Å². The first-order valence-electron chi connectivity index (χ1n) is 10.1. The third-order valence-electron chi connectivity index (χ3n) is 5.92. The summed E-state index contributed by atoms with van der Waals surface area (Å²) in [5.41, 5.74) is 2.05. The number of amides is 1. The summed E-state index contributed by atoms with van der Waals surface area (Å²) in [6.07, 6.45) is 2.20. The van der Waals surface area contributed by atoms with Crippen LogP contribution in [0, 0.1) is 5.92 Å². The number of carbonyl (C=O) groups excluding carboxylic acids is 1. The number of piperazine rings is 1. The topological polar surface area (TPSA) is 38.8 Å². The Bertz CT molecular complexity index is 581. The number of hydrogen-bond donors (Lipinski definition) is 1. The van der Waals surface area contributed by atoms with E-state index < -0.39 is 0 Å². The van der Waals surface area contributed by atoms with Gasteiger partial charge in [-0.25, -0.2) is 0 Å². The molecule has 3 rings (SSSR count). The molecular weight excluding hydrogens is 395 g/mol. The largest absolute Gasteiger partial charge is 0.369 e. The fraction of sp³-hybridized carbons (Fsp3) is 0.667. The molecule has 2 aliphatic rings. The first kappa shape index (κ1) is 25.0. The number of benzene rings is 1. The van der Waals surface area contributed by atoms with E-state index in [0.717, 1.165) is 64.2 Å². The molecular formula is C21H36Cl2N4O. The van der Waals surface area contributed by atoms with Crippen molar-refractivity contribution in [3.8, 4) is 0 Å². The number of likely N-dealkylation sites (tertiary alicyclic amines) is 1. The quantitative estimate of drug-likeness (QED) is 0.778. The summed E-state index contributed by atoms with van der Waals surface area (Å²) in [7, 11) is 2.00. The number of rotatable bonds is 5. The molecule has 0 aliphatic carbocycles. The van der Waals surface area contributed by atoms with Gasteiger partial charge in [0.2, 0.25) is 0 Å². The third kappa shape index (κ3) is 6.24. The van der Waals surface area contributed by atoms with Crippen molar-refractivity contribution in [2.24, 2.45) is 5.92 Å². The zero-order valence-electron chi connectivity index (χ0n) is 17.4. The van der Waals surface area contributed by atoms with Crippen LogP contribution in [0.15, 0.2) is 24.3 Å². The van der Waals surface area contributed by atoms with Gasteiger partial charge in [-0.05, 0) is 70.5 Å². The zero-order chi connectivity index (χ0) is 18.5. The van der Waals surface area contributed by atoms with Crippen LogP contribution in [0.1, 0.15) is 37.0 Å². The minimum absolute atomic E-state index is 0. The summed E-state index contributed by atoms with van der Waals surface area (Å²) in [6, 6.07) is 8.87. The molecule has 0 saturated carbocycles. The van der Waals surface area contributed by atoms with Crippen LogP contribution in [0.3, 0.4) is 0 Å². The van der Waals surface area contributed by atoms with Crippen LogP contribution in [-0.4, -0.2) is 74.6 Å². The lowest BCUT2D eigenvalue weighted by Gasteiger charge is -2.38. The maximum Gasteiger partial charge on any atom is 0.253 e. The molecule has 0 atom stereocenters. The first-order chi connectivity index (χ1) is 12.6. The molecule has 28 heavy (non-hydrogen) atoms. The van der Waals surface area contributed by atoms with Gasteiger partial charge in [-0.1, -0.05) is 0 Å². The van der Waals surface area contributed by atoms with Crippen molar-refractivity contribution in [1.29, 1.82) is 0 Å². The highest BCUT2D eigenvalue weighted by Crippen LogP contribution is 2.21. The maximum absolute atomic E-state index is 12.8. The molecule has 0 unspecified atom stereocenters. The molecule has 2 aliphatic heterocycles. The lowest BCUT2D eigenvalue weighted by atomic mass is 9.96. The molecule has 0 spiro atoms. The number of halogens is 2. The number of anilines is 1. The lowest BCUT2D eigenvalue weighted by molar-refractivity contribution is 0.0691. The van der Waals surface area contributed by atoms with E-state index in [-0.39, 0.29) is 30.7 Å². The summed E-state index contributed by atoms with van der Waals surface area (Å²) in [5.74, 6) is 0.889. The van der Waals surface area contributed by atoms with Crippen LogP contribution in [0.2, 0.25) is 0 Å². The van der Waals surface area contributed by atoms with E-state index in [1.54, 1.807) is 0 Å². The normalized spacial score (nSPS) is 18.6. The van der Waals surface area contributed by atoms with Crippen molar-refractivity contribution in [2.75, 3.05) is 57.8 Å². The van der Waals surface area contributed by atoms with Crippen molar-refractivity contribution in [3.05, 3.63) is 29.8 Å². The summed E-state index contributed by atoms with van der Waals surface area (Å²) in [5, 5.41) is 3.25. The molecule has 1 aromatic carbocycles. The second-order valence-corrected chi connectivity index (χ2v) is 7.96. The lowest BCUT2D eigenvalue weighted by Crippen LogP contribution is -2.48. The van der Waals surface area contributed by atoms with Crippen LogP contribution in [0.5, 0.6) is 0 Å². The molecule has 0 radical (unpaired) electrons. The summed E-state index contributed by atoms with van der Waals surface area (Å²) < 4.78 is 0. The minimum atomic E-state index is 0. The molecule has 0 aromatic heterocycles. The zero-order valence-corrected chi connectivity index (χ0v) is 19.0. The highest BCUT2D eigenvalue weighted by molar-refractivity contribution is 5.94. The van der Waals surface area contributed by atoms with E-state index in [1.165, 1.54) is 5.69 Å². The van der Waals surface area contributed by atoms with E-state index >= 15 is 0 Å². The molecule has 2 fully saturated rings. The molecule has 0 bridgehead atoms. The molecule has 160 valence electrons. The Hall–Kier alpha value is -1.01.